The Labute approximate surface area is 73.3 Å². The van der Waals surface area contributed by atoms with Gasteiger partial charge in [0.05, 0.1) is 6.17 Å². The fourth-order valence-electron chi connectivity index (χ4n) is 0.953. The highest BCUT2D eigenvalue weighted by Crippen LogP contribution is 2.22. The lowest BCUT2D eigenvalue weighted by molar-refractivity contribution is 0.151. The maximum absolute atomic E-state index is 12.9. The van der Waals surface area contributed by atoms with Crippen LogP contribution < -0.4 is 11.5 Å². The van der Waals surface area contributed by atoms with Crippen molar-refractivity contribution >= 4 is 0 Å². The molecule has 0 atom stereocenters. The molecule has 0 aliphatic heterocycles. The highest BCUT2D eigenvalue weighted by atomic mass is 19.3. The van der Waals surface area contributed by atoms with E-state index in [1.54, 1.807) is 0 Å². The Hall–Kier alpha value is -1.07. The van der Waals surface area contributed by atoms with E-state index in [1.807, 2.05) is 0 Å². The Kier molecular flexibility index (Phi) is 2.90. The van der Waals surface area contributed by atoms with Gasteiger partial charge >= 0.3 is 0 Å². The Bertz CT molecular complexity index is 299. The second-order valence-electron chi connectivity index (χ2n) is 2.61. The number of hydrogen-bond donors (Lipinski definition) is 2. The number of rotatable bonds is 2. The lowest BCUT2D eigenvalue weighted by Crippen LogP contribution is -2.21. The molecule has 13 heavy (non-hydrogen) atoms. The Balaban J connectivity index is 3.11. The Morgan fingerprint density at radius 2 is 1.77 bits per heavy atom. The van der Waals surface area contributed by atoms with Crippen LogP contribution in [0.2, 0.25) is 0 Å². The molecule has 0 saturated carbocycles. The van der Waals surface area contributed by atoms with Crippen molar-refractivity contribution in [3.05, 3.63) is 35.1 Å². The molecule has 5 heteroatoms. The van der Waals surface area contributed by atoms with E-state index in [-0.39, 0.29) is 11.1 Å². The molecule has 0 saturated heterocycles. The van der Waals surface area contributed by atoms with Crippen LogP contribution in [-0.2, 0) is 0 Å². The van der Waals surface area contributed by atoms with Gasteiger partial charge in [-0.1, -0.05) is 6.07 Å². The van der Waals surface area contributed by atoms with Crippen LogP contribution in [0.25, 0.3) is 0 Å². The lowest BCUT2D eigenvalue weighted by Gasteiger charge is -2.08. The first-order valence-electron chi connectivity index (χ1n) is 3.61. The van der Waals surface area contributed by atoms with Crippen LogP contribution in [0, 0.1) is 5.82 Å². The maximum atomic E-state index is 12.9. The van der Waals surface area contributed by atoms with Gasteiger partial charge in [-0.2, -0.15) is 0 Å². The zero-order valence-corrected chi connectivity index (χ0v) is 6.68. The van der Waals surface area contributed by atoms with Crippen LogP contribution in [-0.4, -0.2) is 0 Å². The van der Waals surface area contributed by atoms with Crippen molar-refractivity contribution in [1.82, 2.24) is 0 Å². The molecule has 0 spiro atoms. The monoisotopic (exact) mass is 190 g/mol. The average molecular weight is 190 g/mol. The van der Waals surface area contributed by atoms with Crippen molar-refractivity contribution in [2.75, 3.05) is 0 Å². The van der Waals surface area contributed by atoms with Gasteiger partial charge in [0.25, 0.3) is 6.43 Å². The molecule has 4 N–H and O–H groups in total. The zero-order valence-electron chi connectivity index (χ0n) is 6.68. The van der Waals surface area contributed by atoms with Gasteiger partial charge in [0.15, 0.2) is 0 Å². The van der Waals surface area contributed by atoms with Gasteiger partial charge in [-0.15, -0.1) is 0 Å². The molecule has 0 aliphatic rings. The summed E-state index contributed by atoms with van der Waals surface area (Å²) in [7, 11) is 0. The van der Waals surface area contributed by atoms with Crippen LogP contribution >= 0.6 is 0 Å². The van der Waals surface area contributed by atoms with Gasteiger partial charge < -0.3 is 11.5 Å². The van der Waals surface area contributed by atoms with Gasteiger partial charge in [0.2, 0.25) is 0 Å². The molecule has 0 fully saturated rings. The largest absolute Gasteiger partial charge is 0.312 e. The highest BCUT2D eigenvalue weighted by Gasteiger charge is 2.12. The van der Waals surface area contributed by atoms with Crippen molar-refractivity contribution in [1.29, 1.82) is 0 Å². The second kappa shape index (κ2) is 3.76. The summed E-state index contributed by atoms with van der Waals surface area (Å²) in [4.78, 5) is 0. The average Bonchev–Trinajstić information content (AvgIpc) is 2.04. The molecule has 0 heterocycles. The summed E-state index contributed by atoms with van der Waals surface area (Å²) in [5.41, 5.74) is 9.97. The summed E-state index contributed by atoms with van der Waals surface area (Å²) in [5.74, 6) is -0.667. The van der Waals surface area contributed by atoms with Crippen LogP contribution in [0.4, 0.5) is 13.2 Å². The number of benzene rings is 1. The quantitative estimate of drug-likeness (QED) is 0.697. The van der Waals surface area contributed by atoms with Crippen LogP contribution in [0.3, 0.4) is 0 Å². The molecule has 2 nitrogen and oxygen atoms in total. The first kappa shape index (κ1) is 10.0. The van der Waals surface area contributed by atoms with Gasteiger partial charge in [0, 0.05) is 11.1 Å². The van der Waals surface area contributed by atoms with Crippen molar-refractivity contribution in [3.63, 3.8) is 0 Å². The standard InChI is InChI=1S/C8H9F3N2/c9-6-2-1-4(7(10)11)3-5(6)8(12)13/h1-3,7-8H,12-13H2. The molecular formula is C8H9F3N2. The van der Waals surface area contributed by atoms with E-state index in [0.29, 0.717) is 0 Å². The molecular weight excluding hydrogens is 181 g/mol. The first-order valence-corrected chi connectivity index (χ1v) is 3.61. The molecule has 0 bridgehead atoms. The summed E-state index contributed by atoms with van der Waals surface area (Å²) >= 11 is 0. The van der Waals surface area contributed by atoms with Crippen LogP contribution in [0.15, 0.2) is 18.2 Å². The SMILES string of the molecule is NC(N)c1cc(C(F)F)ccc1F. The number of nitrogens with two attached hydrogens (primary N) is 2. The molecule has 0 unspecified atom stereocenters. The van der Waals surface area contributed by atoms with Crippen molar-refractivity contribution in [2.45, 2.75) is 12.6 Å². The van der Waals surface area contributed by atoms with Gasteiger partial charge in [-0.3, -0.25) is 0 Å². The molecule has 0 amide bonds. The van der Waals surface area contributed by atoms with Crippen molar-refractivity contribution in [2.24, 2.45) is 11.5 Å². The maximum Gasteiger partial charge on any atom is 0.263 e. The zero-order chi connectivity index (χ0) is 10.0. The minimum Gasteiger partial charge on any atom is -0.312 e. The number of halogens is 3. The predicted octanol–water partition coefficient (Wildman–Crippen LogP) is 1.68. The fraction of sp³-hybridized carbons (Fsp3) is 0.250. The van der Waals surface area contributed by atoms with E-state index >= 15 is 0 Å². The Morgan fingerprint density at radius 3 is 2.23 bits per heavy atom. The third-order valence-corrected chi connectivity index (χ3v) is 1.63. The van der Waals surface area contributed by atoms with Gasteiger partial charge in [-0.25, -0.2) is 13.2 Å². The molecule has 1 rings (SSSR count). The van der Waals surface area contributed by atoms with E-state index in [4.69, 9.17) is 11.5 Å². The molecule has 1 aromatic rings. The summed E-state index contributed by atoms with van der Waals surface area (Å²) in [6.07, 6.45) is -3.71. The van der Waals surface area contributed by atoms with E-state index in [0.717, 1.165) is 18.2 Å². The lowest BCUT2D eigenvalue weighted by atomic mass is 10.1. The van der Waals surface area contributed by atoms with Crippen molar-refractivity contribution in [3.8, 4) is 0 Å². The van der Waals surface area contributed by atoms with E-state index < -0.39 is 18.4 Å². The van der Waals surface area contributed by atoms with Gasteiger partial charge in [0.1, 0.15) is 5.82 Å². The highest BCUT2D eigenvalue weighted by molar-refractivity contribution is 5.27. The second-order valence-corrected chi connectivity index (χ2v) is 2.61. The molecule has 72 valence electrons. The summed E-state index contributed by atoms with van der Waals surface area (Å²) in [6.45, 7) is 0. The molecule has 0 aliphatic carbocycles. The topological polar surface area (TPSA) is 52.0 Å². The van der Waals surface area contributed by atoms with E-state index in [1.165, 1.54) is 0 Å². The van der Waals surface area contributed by atoms with Crippen LogP contribution in [0.5, 0.6) is 0 Å². The summed E-state index contributed by atoms with van der Waals surface area (Å²) in [5, 5.41) is 0. The van der Waals surface area contributed by atoms with Crippen LogP contribution in [0.1, 0.15) is 23.7 Å². The third kappa shape index (κ3) is 2.19. The molecule has 1 aromatic carbocycles. The first-order chi connectivity index (χ1) is 6.02. The van der Waals surface area contributed by atoms with E-state index in [9.17, 15) is 13.2 Å². The summed E-state index contributed by atoms with van der Waals surface area (Å²) < 4.78 is 37.2. The van der Waals surface area contributed by atoms with Gasteiger partial charge in [-0.05, 0) is 12.1 Å². The Morgan fingerprint density at radius 1 is 1.15 bits per heavy atom. The summed E-state index contributed by atoms with van der Waals surface area (Å²) in [6, 6.07) is 2.92. The fourth-order valence-corrected chi connectivity index (χ4v) is 0.953. The van der Waals surface area contributed by atoms with E-state index in [2.05, 4.69) is 0 Å². The molecule has 0 radical (unpaired) electrons. The minimum atomic E-state index is -2.64. The third-order valence-electron chi connectivity index (χ3n) is 1.63. The number of hydrogen-bond acceptors (Lipinski definition) is 2. The predicted molar refractivity (Wildman–Crippen MR) is 42.5 cm³/mol. The number of alkyl halides is 2. The normalized spacial score (nSPS) is 11.3. The van der Waals surface area contributed by atoms with Crippen molar-refractivity contribution < 1.29 is 13.2 Å². The minimum absolute atomic E-state index is 0.0993. The molecule has 0 aromatic heterocycles. The smallest absolute Gasteiger partial charge is 0.263 e.